The standard InChI is InChI=1S/C14H20N2O3S/c1-2-19-13(17)8-16-14(18)12(15)10-20-9-11-6-4-3-5-7-11/h3-7,12H,2,8-10,15H2,1H3,(H,16,18). The molecule has 6 heteroatoms. The predicted octanol–water partition coefficient (Wildman–Crippen LogP) is 0.926. The van der Waals surface area contributed by atoms with Gasteiger partial charge >= 0.3 is 5.97 Å². The van der Waals surface area contributed by atoms with Crippen LogP contribution in [-0.2, 0) is 20.1 Å². The Bertz CT molecular complexity index is 426. The van der Waals surface area contributed by atoms with Crippen LogP contribution in [0.25, 0.3) is 0 Å². The van der Waals surface area contributed by atoms with Gasteiger partial charge in [0.1, 0.15) is 6.54 Å². The van der Waals surface area contributed by atoms with E-state index in [1.54, 1.807) is 18.7 Å². The zero-order chi connectivity index (χ0) is 14.8. The highest BCUT2D eigenvalue weighted by molar-refractivity contribution is 7.98. The number of hydrogen-bond donors (Lipinski definition) is 2. The normalized spacial score (nSPS) is 11.7. The Labute approximate surface area is 123 Å². The molecule has 0 aliphatic carbocycles. The number of benzene rings is 1. The lowest BCUT2D eigenvalue weighted by Crippen LogP contribution is -2.44. The van der Waals surface area contributed by atoms with Gasteiger partial charge in [0.05, 0.1) is 12.6 Å². The summed E-state index contributed by atoms with van der Waals surface area (Å²) in [5.41, 5.74) is 6.95. The molecule has 0 saturated heterocycles. The molecule has 0 heterocycles. The van der Waals surface area contributed by atoms with Crippen LogP contribution < -0.4 is 11.1 Å². The lowest BCUT2D eigenvalue weighted by Gasteiger charge is -2.11. The van der Waals surface area contributed by atoms with Crippen molar-refractivity contribution in [2.24, 2.45) is 5.73 Å². The molecule has 0 bridgehead atoms. The van der Waals surface area contributed by atoms with Crippen molar-refractivity contribution in [2.75, 3.05) is 18.9 Å². The average molecular weight is 296 g/mol. The minimum atomic E-state index is -0.627. The fraction of sp³-hybridized carbons (Fsp3) is 0.429. The topological polar surface area (TPSA) is 81.4 Å². The Hall–Kier alpha value is -1.53. The third kappa shape index (κ3) is 6.58. The molecule has 0 aromatic heterocycles. The number of carbonyl (C=O) groups is 2. The lowest BCUT2D eigenvalue weighted by molar-refractivity contribution is -0.143. The van der Waals surface area contributed by atoms with Gasteiger partial charge in [-0.15, -0.1) is 0 Å². The van der Waals surface area contributed by atoms with Crippen LogP contribution in [0.3, 0.4) is 0 Å². The number of nitrogens with one attached hydrogen (secondary N) is 1. The second-order valence-electron chi connectivity index (χ2n) is 4.13. The van der Waals surface area contributed by atoms with Gasteiger partial charge in [0.25, 0.3) is 0 Å². The summed E-state index contributed by atoms with van der Waals surface area (Å²) in [5, 5.41) is 2.46. The molecular formula is C14H20N2O3S. The van der Waals surface area contributed by atoms with E-state index in [1.807, 2.05) is 30.3 Å². The molecule has 0 radical (unpaired) electrons. The van der Waals surface area contributed by atoms with E-state index in [0.717, 1.165) is 5.75 Å². The molecule has 0 aliphatic rings. The number of ether oxygens (including phenoxy) is 1. The lowest BCUT2D eigenvalue weighted by atomic mass is 10.2. The summed E-state index contributed by atoms with van der Waals surface area (Å²) < 4.78 is 4.71. The Morgan fingerprint density at radius 2 is 2.05 bits per heavy atom. The van der Waals surface area contributed by atoms with Gasteiger partial charge in [0.15, 0.2) is 0 Å². The van der Waals surface area contributed by atoms with Gasteiger partial charge in [0.2, 0.25) is 5.91 Å². The zero-order valence-corrected chi connectivity index (χ0v) is 12.3. The second kappa shape index (κ2) is 9.39. The third-order valence-electron chi connectivity index (χ3n) is 2.46. The van der Waals surface area contributed by atoms with E-state index in [2.05, 4.69) is 5.32 Å². The Kier molecular flexibility index (Phi) is 7.75. The van der Waals surface area contributed by atoms with Gasteiger partial charge < -0.3 is 15.8 Å². The van der Waals surface area contributed by atoms with Gasteiger partial charge in [0, 0.05) is 11.5 Å². The van der Waals surface area contributed by atoms with E-state index in [1.165, 1.54) is 5.56 Å². The molecular weight excluding hydrogens is 276 g/mol. The first-order valence-electron chi connectivity index (χ1n) is 6.44. The smallest absolute Gasteiger partial charge is 0.325 e. The zero-order valence-electron chi connectivity index (χ0n) is 11.5. The predicted molar refractivity (Wildman–Crippen MR) is 80.2 cm³/mol. The van der Waals surface area contributed by atoms with Crippen molar-refractivity contribution in [3.63, 3.8) is 0 Å². The van der Waals surface area contributed by atoms with Gasteiger partial charge in [-0.1, -0.05) is 30.3 Å². The maximum absolute atomic E-state index is 11.6. The van der Waals surface area contributed by atoms with Crippen molar-refractivity contribution in [1.29, 1.82) is 0 Å². The Morgan fingerprint density at radius 3 is 2.70 bits per heavy atom. The molecule has 5 nitrogen and oxygen atoms in total. The Morgan fingerprint density at radius 1 is 1.35 bits per heavy atom. The number of hydrogen-bond acceptors (Lipinski definition) is 5. The van der Waals surface area contributed by atoms with Crippen LogP contribution in [0.1, 0.15) is 12.5 Å². The van der Waals surface area contributed by atoms with Crippen LogP contribution in [0.5, 0.6) is 0 Å². The van der Waals surface area contributed by atoms with Crippen LogP contribution >= 0.6 is 11.8 Å². The molecule has 1 rings (SSSR count). The fourth-order valence-corrected chi connectivity index (χ4v) is 2.41. The minimum absolute atomic E-state index is 0.135. The molecule has 1 amide bonds. The number of thioether (sulfide) groups is 1. The summed E-state index contributed by atoms with van der Waals surface area (Å²) in [6, 6.07) is 9.34. The van der Waals surface area contributed by atoms with Gasteiger partial charge in [-0.3, -0.25) is 9.59 Å². The quantitative estimate of drug-likeness (QED) is 0.697. The second-order valence-corrected chi connectivity index (χ2v) is 5.16. The molecule has 1 unspecified atom stereocenters. The summed E-state index contributed by atoms with van der Waals surface area (Å²) in [6.07, 6.45) is 0. The van der Waals surface area contributed by atoms with Gasteiger partial charge in [-0.25, -0.2) is 0 Å². The highest BCUT2D eigenvalue weighted by Gasteiger charge is 2.14. The number of carbonyl (C=O) groups excluding carboxylic acids is 2. The van der Waals surface area contributed by atoms with E-state index >= 15 is 0 Å². The molecule has 0 saturated carbocycles. The highest BCUT2D eigenvalue weighted by Crippen LogP contribution is 2.12. The van der Waals surface area contributed by atoms with Gasteiger partial charge in [-0.05, 0) is 12.5 Å². The summed E-state index contributed by atoms with van der Waals surface area (Å²) >= 11 is 1.59. The molecule has 110 valence electrons. The van der Waals surface area contributed by atoms with E-state index in [0.29, 0.717) is 12.4 Å². The van der Waals surface area contributed by atoms with Crippen molar-refractivity contribution in [3.05, 3.63) is 35.9 Å². The average Bonchev–Trinajstić information content (AvgIpc) is 2.46. The molecule has 1 aromatic rings. The van der Waals surface area contributed by atoms with E-state index in [-0.39, 0.29) is 12.5 Å². The number of rotatable bonds is 8. The summed E-state index contributed by atoms with van der Waals surface area (Å²) in [7, 11) is 0. The summed E-state index contributed by atoms with van der Waals surface area (Å²) in [6.45, 7) is 1.88. The maximum Gasteiger partial charge on any atom is 0.325 e. The first-order chi connectivity index (χ1) is 9.63. The summed E-state index contributed by atoms with van der Waals surface area (Å²) in [5.74, 6) is 0.520. The molecule has 0 fully saturated rings. The summed E-state index contributed by atoms with van der Waals surface area (Å²) in [4.78, 5) is 22.7. The number of nitrogens with two attached hydrogens (primary N) is 1. The monoisotopic (exact) mass is 296 g/mol. The van der Waals surface area contributed by atoms with Crippen molar-refractivity contribution >= 4 is 23.6 Å². The van der Waals surface area contributed by atoms with E-state index in [4.69, 9.17) is 10.5 Å². The van der Waals surface area contributed by atoms with Crippen LogP contribution in [0.4, 0.5) is 0 Å². The number of amides is 1. The molecule has 1 aromatic carbocycles. The molecule has 20 heavy (non-hydrogen) atoms. The van der Waals surface area contributed by atoms with Crippen LogP contribution in [0.2, 0.25) is 0 Å². The van der Waals surface area contributed by atoms with Crippen LogP contribution in [0.15, 0.2) is 30.3 Å². The SMILES string of the molecule is CCOC(=O)CNC(=O)C(N)CSCc1ccccc1. The first-order valence-corrected chi connectivity index (χ1v) is 7.59. The highest BCUT2D eigenvalue weighted by atomic mass is 32.2. The molecule has 1 atom stereocenters. The van der Waals surface area contributed by atoms with Crippen LogP contribution in [0, 0.1) is 0 Å². The van der Waals surface area contributed by atoms with Crippen molar-refractivity contribution < 1.29 is 14.3 Å². The third-order valence-corrected chi connectivity index (χ3v) is 3.59. The van der Waals surface area contributed by atoms with Crippen molar-refractivity contribution in [1.82, 2.24) is 5.32 Å². The minimum Gasteiger partial charge on any atom is -0.465 e. The Balaban J connectivity index is 2.20. The van der Waals surface area contributed by atoms with Crippen molar-refractivity contribution in [2.45, 2.75) is 18.7 Å². The van der Waals surface area contributed by atoms with Crippen LogP contribution in [-0.4, -0.2) is 36.8 Å². The maximum atomic E-state index is 11.6. The van der Waals surface area contributed by atoms with E-state index < -0.39 is 12.0 Å². The molecule has 0 spiro atoms. The van der Waals surface area contributed by atoms with Crippen molar-refractivity contribution in [3.8, 4) is 0 Å². The fourth-order valence-electron chi connectivity index (χ4n) is 1.46. The molecule has 0 aliphatic heterocycles. The number of esters is 1. The molecule has 3 N–H and O–H groups in total. The van der Waals surface area contributed by atoms with Gasteiger partial charge in [-0.2, -0.15) is 11.8 Å². The largest absolute Gasteiger partial charge is 0.465 e. The first kappa shape index (κ1) is 16.5. The van der Waals surface area contributed by atoms with E-state index in [9.17, 15) is 9.59 Å².